The fraction of sp³-hybridized carbons (Fsp3) is 0.500. The number of ketones is 1. The first-order valence-electron chi connectivity index (χ1n) is 6.34. The van der Waals surface area contributed by atoms with Gasteiger partial charge in [-0.05, 0) is 13.8 Å². The molecule has 0 radical (unpaired) electrons. The lowest BCUT2D eigenvalue weighted by Gasteiger charge is -2.09. The Morgan fingerprint density at radius 1 is 1.50 bits per heavy atom. The topological polar surface area (TPSA) is 101 Å². The zero-order valence-corrected chi connectivity index (χ0v) is 11.8. The van der Waals surface area contributed by atoms with Gasteiger partial charge in [0.2, 0.25) is 5.78 Å². The van der Waals surface area contributed by atoms with Crippen molar-refractivity contribution in [2.45, 2.75) is 26.4 Å². The molecule has 0 spiro atoms. The Hall–Kier alpha value is -2.22. The maximum absolute atomic E-state index is 12.5. The second kappa shape index (κ2) is 5.83. The molecule has 0 saturated heterocycles. The van der Waals surface area contributed by atoms with Gasteiger partial charge in [0.15, 0.2) is 17.1 Å². The van der Waals surface area contributed by atoms with E-state index in [9.17, 15) is 4.79 Å². The number of carbonyl (C=O) groups excluding carboxylic acids is 1. The monoisotopic (exact) mass is 278 g/mol. The molecule has 8 nitrogen and oxygen atoms in total. The number of nitrogens with zero attached hydrogens (tertiary/aromatic N) is 5. The van der Waals surface area contributed by atoms with E-state index in [0.29, 0.717) is 24.5 Å². The quantitative estimate of drug-likeness (QED) is 0.760. The number of carbonyl (C=O) groups is 1. The first-order valence-corrected chi connectivity index (χ1v) is 6.34. The van der Waals surface area contributed by atoms with E-state index in [-0.39, 0.29) is 17.5 Å². The van der Waals surface area contributed by atoms with E-state index in [1.165, 1.54) is 18.0 Å². The van der Waals surface area contributed by atoms with Crippen LogP contribution < -0.4 is 10.5 Å². The van der Waals surface area contributed by atoms with Crippen molar-refractivity contribution >= 4 is 5.78 Å². The number of aromatic nitrogens is 5. The highest BCUT2D eigenvalue weighted by atomic mass is 16.5. The molecule has 0 aromatic carbocycles. The molecular weight excluding hydrogens is 260 g/mol. The van der Waals surface area contributed by atoms with Crippen LogP contribution in [-0.4, -0.2) is 44.2 Å². The fourth-order valence-corrected chi connectivity index (χ4v) is 1.87. The van der Waals surface area contributed by atoms with Crippen molar-refractivity contribution in [2.75, 3.05) is 13.7 Å². The largest absolute Gasteiger partial charge is 0.493 e. The van der Waals surface area contributed by atoms with Crippen molar-refractivity contribution in [1.29, 1.82) is 0 Å². The van der Waals surface area contributed by atoms with Crippen LogP contribution in [0.3, 0.4) is 0 Å². The number of hydrogen-bond acceptors (Lipinski definition) is 6. The van der Waals surface area contributed by atoms with Crippen LogP contribution in [0.4, 0.5) is 0 Å². The highest BCUT2D eigenvalue weighted by Gasteiger charge is 2.24. The zero-order chi connectivity index (χ0) is 14.7. The van der Waals surface area contributed by atoms with Gasteiger partial charge in [-0.15, -0.1) is 5.10 Å². The fourth-order valence-electron chi connectivity index (χ4n) is 1.87. The highest BCUT2D eigenvalue weighted by Crippen LogP contribution is 2.23. The van der Waals surface area contributed by atoms with E-state index in [1.54, 1.807) is 10.9 Å². The Bertz CT molecular complexity index is 601. The first-order chi connectivity index (χ1) is 9.58. The average molecular weight is 278 g/mol. The summed E-state index contributed by atoms with van der Waals surface area (Å²) in [7, 11) is 1.50. The summed E-state index contributed by atoms with van der Waals surface area (Å²) in [6.07, 6.45) is 3.10. The minimum Gasteiger partial charge on any atom is -0.493 e. The van der Waals surface area contributed by atoms with Gasteiger partial charge in [0.25, 0.3) is 0 Å². The molecule has 20 heavy (non-hydrogen) atoms. The predicted molar refractivity (Wildman–Crippen MR) is 71.7 cm³/mol. The lowest BCUT2D eigenvalue weighted by molar-refractivity contribution is 0.101. The van der Waals surface area contributed by atoms with Crippen molar-refractivity contribution in [3.63, 3.8) is 0 Å². The van der Waals surface area contributed by atoms with Crippen LogP contribution in [0, 0.1) is 0 Å². The van der Waals surface area contributed by atoms with Gasteiger partial charge in [-0.3, -0.25) is 14.2 Å². The third-order valence-corrected chi connectivity index (χ3v) is 2.82. The minimum atomic E-state index is -0.267. The molecule has 2 aromatic rings. The molecule has 0 atom stereocenters. The van der Waals surface area contributed by atoms with E-state index < -0.39 is 0 Å². The summed E-state index contributed by atoms with van der Waals surface area (Å²) in [6.45, 7) is 4.83. The molecule has 0 unspecified atom stereocenters. The molecule has 2 N–H and O–H groups in total. The number of rotatable bonds is 6. The van der Waals surface area contributed by atoms with E-state index in [1.807, 2.05) is 13.8 Å². The molecule has 0 saturated carbocycles. The third kappa shape index (κ3) is 2.55. The van der Waals surface area contributed by atoms with Crippen molar-refractivity contribution < 1.29 is 9.53 Å². The van der Waals surface area contributed by atoms with Gasteiger partial charge in [0.1, 0.15) is 0 Å². The number of ether oxygens (including phenoxy) is 1. The molecule has 0 fully saturated rings. The second-order valence-electron chi connectivity index (χ2n) is 4.58. The number of nitrogens with two attached hydrogens (primary N) is 1. The summed E-state index contributed by atoms with van der Waals surface area (Å²) >= 11 is 0. The highest BCUT2D eigenvalue weighted by molar-refractivity contribution is 6.08. The van der Waals surface area contributed by atoms with Gasteiger partial charge < -0.3 is 10.5 Å². The summed E-state index contributed by atoms with van der Waals surface area (Å²) in [5, 5.41) is 11.9. The summed E-state index contributed by atoms with van der Waals surface area (Å²) in [5.74, 6) is 0.161. The molecule has 0 aliphatic carbocycles. The third-order valence-electron chi connectivity index (χ3n) is 2.82. The maximum atomic E-state index is 12.5. The molecule has 2 heterocycles. The van der Waals surface area contributed by atoms with Crippen LogP contribution in [0.1, 0.15) is 36.1 Å². The maximum Gasteiger partial charge on any atom is 0.236 e. The molecule has 8 heteroatoms. The first kappa shape index (κ1) is 14.2. The van der Waals surface area contributed by atoms with Gasteiger partial charge in [-0.25, -0.2) is 0 Å². The molecule has 0 bridgehead atoms. The van der Waals surface area contributed by atoms with Crippen molar-refractivity contribution in [2.24, 2.45) is 5.73 Å². The Labute approximate surface area is 116 Å². The van der Waals surface area contributed by atoms with Crippen molar-refractivity contribution in [3.8, 4) is 5.75 Å². The molecule has 0 aliphatic heterocycles. The van der Waals surface area contributed by atoms with Crippen LogP contribution in [0.2, 0.25) is 0 Å². The standard InChI is InChI=1S/C12H18N6O2/c1-8(2)18-11(10(20-3)6-14-18)12(19)9-7-17(5-4-13)16-15-9/h6-8H,4-5,13H2,1-3H3. The number of hydrogen-bond donors (Lipinski definition) is 1. The Kier molecular flexibility index (Phi) is 4.14. The van der Waals surface area contributed by atoms with Gasteiger partial charge in [-0.1, -0.05) is 5.21 Å². The Morgan fingerprint density at radius 3 is 2.85 bits per heavy atom. The summed E-state index contributed by atoms with van der Waals surface area (Å²) in [6, 6.07) is 0.0388. The Morgan fingerprint density at radius 2 is 2.25 bits per heavy atom. The van der Waals surface area contributed by atoms with Crippen LogP contribution in [0.5, 0.6) is 5.75 Å². The summed E-state index contributed by atoms with van der Waals surface area (Å²) in [4.78, 5) is 12.5. The average Bonchev–Trinajstić information content (AvgIpc) is 3.04. The van der Waals surface area contributed by atoms with Gasteiger partial charge in [0.05, 0.1) is 26.0 Å². The summed E-state index contributed by atoms with van der Waals surface area (Å²) in [5.41, 5.74) is 6.07. The van der Waals surface area contributed by atoms with E-state index in [4.69, 9.17) is 10.5 Å². The number of methoxy groups -OCH3 is 1. The van der Waals surface area contributed by atoms with Gasteiger partial charge >= 0.3 is 0 Å². The second-order valence-corrected chi connectivity index (χ2v) is 4.58. The molecule has 0 amide bonds. The van der Waals surface area contributed by atoms with Crippen molar-refractivity contribution in [1.82, 2.24) is 24.8 Å². The van der Waals surface area contributed by atoms with E-state index in [2.05, 4.69) is 15.4 Å². The van der Waals surface area contributed by atoms with Crippen LogP contribution in [-0.2, 0) is 6.54 Å². The van der Waals surface area contributed by atoms with E-state index >= 15 is 0 Å². The zero-order valence-electron chi connectivity index (χ0n) is 11.8. The van der Waals surface area contributed by atoms with Crippen LogP contribution >= 0.6 is 0 Å². The lowest BCUT2D eigenvalue weighted by atomic mass is 10.2. The van der Waals surface area contributed by atoms with Gasteiger partial charge in [0, 0.05) is 12.6 Å². The minimum absolute atomic E-state index is 0.0388. The lowest BCUT2D eigenvalue weighted by Crippen LogP contribution is -2.14. The molecule has 108 valence electrons. The molecular formula is C12H18N6O2. The van der Waals surface area contributed by atoms with E-state index in [0.717, 1.165) is 0 Å². The Balaban J connectivity index is 2.38. The van der Waals surface area contributed by atoms with Crippen LogP contribution in [0.25, 0.3) is 0 Å². The molecule has 0 aliphatic rings. The predicted octanol–water partition coefficient (Wildman–Crippen LogP) is 0.254. The van der Waals surface area contributed by atoms with Gasteiger partial charge in [-0.2, -0.15) is 5.10 Å². The smallest absolute Gasteiger partial charge is 0.236 e. The molecule has 2 rings (SSSR count). The van der Waals surface area contributed by atoms with Crippen molar-refractivity contribution in [3.05, 3.63) is 23.8 Å². The molecule has 2 aromatic heterocycles. The summed E-state index contributed by atoms with van der Waals surface area (Å²) < 4.78 is 8.35. The van der Waals surface area contributed by atoms with Crippen LogP contribution in [0.15, 0.2) is 12.4 Å². The normalized spacial score (nSPS) is 11.1. The SMILES string of the molecule is COc1cnn(C(C)C)c1C(=O)c1cn(CCN)nn1.